The van der Waals surface area contributed by atoms with Crippen molar-refractivity contribution in [2.24, 2.45) is 0 Å². The van der Waals surface area contributed by atoms with Crippen molar-refractivity contribution in [2.45, 2.75) is 76.5 Å². The lowest BCUT2D eigenvalue weighted by molar-refractivity contribution is -0.183. The molecular formula is C29H36N2O6. The number of nitrogens with zero attached hydrogens (tertiary/aromatic N) is 1. The second kappa shape index (κ2) is 11.7. The van der Waals surface area contributed by atoms with Crippen LogP contribution in [0.4, 0.5) is 0 Å². The van der Waals surface area contributed by atoms with Crippen LogP contribution in [0.2, 0.25) is 0 Å². The molecule has 0 aromatic heterocycles. The van der Waals surface area contributed by atoms with Crippen molar-refractivity contribution < 1.29 is 28.5 Å². The van der Waals surface area contributed by atoms with E-state index in [-0.39, 0.29) is 24.7 Å². The molecule has 8 nitrogen and oxygen atoms in total. The zero-order valence-corrected chi connectivity index (χ0v) is 22.0. The van der Waals surface area contributed by atoms with Crippen LogP contribution < -0.4 is 5.32 Å². The molecule has 8 heteroatoms. The third kappa shape index (κ3) is 6.56. The molecule has 1 aliphatic carbocycles. The summed E-state index contributed by atoms with van der Waals surface area (Å²) in [6.07, 6.45) is -0.492. The first-order valence-electron chi connectivity index (χ1n) is 12.7. The number of ether oxygens (including phenoxy) is 5. The van der Waals surface area contributed by atoms with Gasteiger partial charge in [-0.15, -0.1) is 0 Å². The number of carbonyl (C=O) groups excluding carboxylic acids is 1. The molecule has 2 aromatic rings. The molecule has 1 amide bonds. The number of methoxy groups -OCH3 is 1. The number of nitrogens with one attached hydrogen (secondary N) is 1. The maximum Gasteiger partial charge on any atom is 0.252 e. The van der Waals surface area contributed by atoms with Crippen LogP contribution in [0, 0.1) is 18.3 Å². The Labute approximate surface area is 218 Å². The minimum absolute atomic E-state index is 0.211. The van der Waals surface area contributed by atoms with Crippen LogP contribution in [0.15, 0.2) is 48.5 Å². The van der Waals surface area contributed by atoms with Gasteiger partial charge in [-0.25, -0.2) is 0 Å². The Bertz CT molecular complexity index is 1110. The molecule has 198 valence electrons. The van der Waals surface area contributed by atoms with Crippen LogP contribution in [0.3, 0.4) is 0 Å². The molecular weight excluding hydrogens is 472 g/mol. The number of nitriles is 1. The minimum atomic E-state index is -1.17. The first-order valence-corrected chi connectivity index (χ1v) is 12.7. The SMILES string of the molecule is COCCNC(=O)[C@@]1(OCc2ccccc2C)CC(OCc2ccc(C#N)cc2)[C@@H]2OC(C)(C)O[C@@H]2C1. The zero-order valence-electron chi connectivity index (χ0n) is 22.0. The van der Waals surface area contributed by atoms with E-state index in [1.54, 1.807) is 19.2 Å². The first kappa shape index (κ1) is 27.2. The van der Waals surface area contributed by atoms with Gasteiger partial charge in [0.05, 0.1) is 43.7 Å². The van der Waals surface area contributed by atoms with Gasteiger partial charge in [-0.2, -0.15) is 5.26 Å². The van der Waals surface area contributed by atoms with Crippen molar-refractivity contribution in [1.82, 2.24) is 5.32 Å². The van der Waals surface area contributed by atoms with Crippen molar-refractivity contribution in [3.63, 3.8) is 0 Å². The van der Waals surface area contributed by atoms with Crippen LogP contribution in [0.25, 0.3) is 0 Å². The summed E-state index contributed by atoms with van der Waals surface area (Å²) in [6.45, 7) is 7.14. The lowest BCUT2D eigenvalue weighted by Gasteiger charge is -2.43. The summed E-state index contributed by atoms with van der Waals surface area (Å²) in [4.78, 5) is 13.7. The van der Waals surface area contributed by atoms with Gasteiger partial charge in [0.25, 0.3) is 5.91 Å². The fourth-order valence-electron chi connectivity index (χ4n) is 5.00. The Morgan fingerprint density at radius 1 is 1.11 bits per heavy atom. The van der Waals surface area contributed by atoms with Gasteiger partial charge < -0.3 is 29.0 Å². The monoisotopic (exact) mass is 508 g/mol. The zero-order chi connectivity index (χ0) is 26.5. The number of carbonyl (C=O) groups is 1. The fourth-order valence-corrected chi connectivity index (χ4v) is 5.00. The summed E-state index contributed by atoms with van der Waals surface area (Å²) in [5.74, 6) is -1.01. The van der Waals surface area contributed by atoms with Crippen LogP contribution in [-0.2, 0) is 41.7 Å². The smallest absolute Gasteiger partial charge is 0.252 e. The van der Waals surface area contributed by atoms with E-state index in [0.29, 0.717) is 38.2 Å². The van der Waals surface area contributed by atoms with Crippen LogP contribution in [0.5, 0.6) is 0 Å². The molecule has 0 bridgehead atoms. The van der Waals surface area contributed by atoms with E-state index in [4.69, 9.17) is 28.9 Å². The van der Waals surface area contributed by atoms with Crippen LogP contribution >= 0.6 is 0 Å². The number of fused-ring (bicyclic) bond motifs is 1. The van der Waals surface area contributed by atoms with E-state index < -0.39 is 17.5 Å². The Hall–Kier alpha value is -2.80. The van der Waals surface area contributed by atoms with Gasteiger partial charge in [0.1, 0.15) is 6.10 Å². The lowest BCUT2D eigenvalue weighted by Crippen LogP contribution is -2.60. The number of rotatable bonds is 10. The molecule has 0 spiro atoms. The average molecular weight is 509 g/mol. The number of hydrogen-bond acceptors (Lipinski definition) is 7. The number of benzene rings is 2. The highest BCUT2D eigenvalue weighted by Crippen LogP contribution is 2.44. The van der Waals surface area contributed by atoms with Crippen molar-refractivity contribution in [3.8, 4) is 6.07 Å². The van der Waals surface area contributed by atoms with E-state index in [0.717, 1.165) is 16.7 Å². The Morgan fingerprint density at radius 2 is 1.86 bits per heavy atom. The third-order valence-corrected chi connectivity index (χ3v) is 6.97. The largest absolute Gasteiger partial charge is 0.383 e. The molecule has 1 heterocycles. The normalized spacial score (nSPS) is 26.3. The maximum atomic E-state index is 13.7. The predicted octanol–water partition coefficient (Wildman–Crippen LogP) is 3.78. The van der Waals surface area contributed by atoms with Crippen molar-refractivity contribution in [1.29, 1.82) is 5.26 Å². The third-order valence-electron chi connectivity index (χ3n) is 6.97. The highest BCUT2D eigenvalue weighted by molar-refractivity contribution is 5.85. The van der Waals surface area contributed by atoms with Gasteiger partial charge in [-0.3, -0.25) is 4.79 Å². The molecule has 0 radical (unpaired) electrons. The molecule has 2 fully saturated rings. The number of aryl methyl sites for hydroxylation is 1. The summed E-state index contributed by atoms with van der Waals surface area (Å²) in [6, 6.07) is 17.4. The Kier molecular flexibility index (Phi) is 8.63. The molecule has 4 atom stereocenters. The highest BCUT2D eigenvalue weighted by Gasteiger charge is 2.58. The molecule has 2 aromatic carbocycles. The molecule has 1 unspecified atom stereocenters. The van der Waals surface area contributed by atoms with Crippen molar-refractivity contribution in [2.75, 3.05) is 20.3 Å². The van der Waals surface area contributed by atoms with Gasteiger partial charge in [0, 0.05) is 26.5 Å². The summed E-state index contributed by atoms with van der Waals surface area (Å²) in [5.41, 5.74) is 2.47. The van der Waals surface area contributed by atoms with E-state index in [9.17, 15) is 4.79 Å². The topological polar surface area (TPSA) is 99.0 Å². The lowest BCUT2D eigenvalue weighted by atomic mass is 9.78. The standard InChI is InChI=1S/C29H36N2O6/c1-20-7-5-6-8-23(20)19-35-29(27(32)31-13-14-33-4)15-24(26-25(16-29)36-28(2,3)37-26)34-18-22-11-9-21(17-30)10-12-22/h5-12,24-26H,13-16,18-19H2,1-4H3,(H,31,32)/t24?,25-,26+,29-/m1/s1. The Morgan fingerprint density at radius 3 is 2.57 bits per heavy atom. The second-order valence-electron chi connectivity index (χ2n) is 10.2. The van der Waals surface area contributed by atoms with Gasteiger partial charge in [-0.05, 0) is 49.6 Å². The van der Waals surface area contributed by atoms with E-state index >= 15 is 0 Å². The van der Waals surface area contributed by atoms with E-state index in [2.05, 4.69) is 11.4 Å². The molecule has 1 N–H and O–H groups in total. The molecule has 4 rings (SSSR count). The molecule has 1 saturated heterocycles. The van der Waals surface area contributed by atoms with Gasteiger partial charge in [0.2, 0.25) is 0 Å². The summed E-state index contributed by atoms with van der Waals surface area (Å²) >= 11 is 0. The fraction of sp³-hybridized carbons (Fsp3) is 0.517. The van der Waals surface area contributed by atoms with E-state index in [1.807, 2.05) is 57.2 Å². The summed E-state index contributed by atoms with van der Waals surface area (Å²) < 4.78 is 30.5. The summed E-state index contributed by atoms with van der Waals surface area (Å²) in [5, 5.41) is 12.1. The highest BCUT2D eigenvalue weighted by atomic mass is 16.8. The molecule has 2 aliphatic rings. The van der Waals surface area contributed by atoms with Gasteiger partial charge in [-0.1, -0.05) is 36.4 Å². The first-order chi connectivity index (χ1) is 17.7. The summed E-state index contributed by atoms with van der Waals surface area (Å²) in [7, 11) is 1.60. The van der Waals surface area contributed by atoms with Crippen LogP contribution in [0.1, 0.15) is 48.9 Å². The molecule has 37 heavy (non-hydrogen) atoms. The Balaban J connectivity index is 1.59. The van der Waals surface area contributed by atoms with Gasteiger partial charge >= 0.3 is 0 Å². The number of hydrogen-bond donors (Lipinski definition) is 1. The maximum absolute atomic E-state index is 13.7. The van der Waals surface area contributed by atoms with Crippen molar-refractivity contribution >= 4 is 5.91 Å². The quantitative estimate of drug-likeness (QED) is 0.488. The molecule has 1 saturated carbocycles. The molecule has 1 aliphatic heterocycles. The second-order valence-corrected chi connectivity index (χ2v) is 10.2. The number of amides is 1. The van der Waals surface area contributed by atoms with Crippen LogP contribution in [-0.4, -0.2) is 55.9 Å². The predicted molar refractivity (Wildman–Crippen MR) is 136 cm³/mol. The van der Waals surface area contributed by atoms with E-state index in [1.165, 1.54) is 0 Å². The minimum Gasteiger partial charge on any atom is -0.383 e. The van der Waals surface area contributed by atoms with Crippen molar-refractivity contribution in [3.05, 3.63) is 70.8 Å². The van der Waals surface area contributed by atoms with Gasteiger partial charge in [0.15, 0.2) is 11.4 Å². The average Bonchev–Trinajstić information content (AvgIpc) is 3.20.